The molecule has 0 unspecified atom stereocenters. The minimum atomic E-state index is -3.89. The molecule has 2 aromatic carbocycles. The van der Waals surface area contributed by atoms with Gasteiger partial charge in [0, 0.05) is 5.02 Å². The fourth-order valence-electron chi connectivity index (χ4n) is 2.33. The number of rotatable bonds is 5. The molecule has 0 bridgehead atoms. The van der Waals surface area contributed by atoms with Gasteiger partial charge in [0.2, 0.25) is 0 Å². The number of nitrogens with zero attached hydrogens (tertiary/aromatic N) is 4. The second kappa shape index (κ2) is 7.00. The van der Waals surface area contributed by atoms with Gasteiger partial charge in [-0.25, -0.2) is 17.5 Å². The second-order valence-electron chi connectivity index (χ2n) is 5.80. The summed E-state index contributed by atoms with van der Waals surface area (Å²) in [5.74, 6) is -0.380. The van der Waals surface area contributed by atoms with E-state index in [1.807, 2.05) is 13.8 Å². The summed E-state index contributed by atoms with van der Waals surface area (Å²) >= 11 is 5.82. The lowest BCUT2D eigenvalue weighted by atomic mass is 10.1. The molecule has 0 fully saturated rings. The molecule has 136 valence electrons. The third kappa shape index (κ3) is 3.68. The molecule has 1 heterocycles. The Morgan fingerprint density at radius 1 is 1.19 bits per heavy atom. The van der Waals surface area contributed by atoms with E-state index >= 15 is 0 Å². The van der Waals surface area contributed by atoms with E-state index in [0.717, 1.165) is 6.07 Å². The first kappa shape index (κ1) is 18.3. The predicted octanol–water partition coefficient (Wildman–Crippen LogP) is 3.51. The lowest BCUT2D eigenvalue weighted by molar-refractivity contribution is 0.517. The van der Waals surface area contributed by atoms with Crippen molar-refractivity contribution in [3.05, 3.63) is 53.3 Å². The molecule has 10 heteroatoms. The molecule has 1 aromatic heterocycles. The van der Waals surface area contributed by atoms with Gasteiger partial charge in [-0.15, -0.1) is 5.10 Å². The third-order valence-electron chi connectivity index (χ3n) is 3.55. The molecule has 3 rings (SSSR count). The number of halogens is 2. The zero-order chi connectivity index (χ0) is 18.9. The summed E-state index contributed by atoms with van der Waals surface area (Å²) in [5, 5.41) is 11.5. The van der Waals surface area contributed by atoms with Gasteiger partial charge in [-0.1, -0.05) is 17.7 Å². The molecular weight excluding hydrogens is 381 g/mol. The highest BCUT2D eigenvalue weighted by Crippen LogP contribution is 2.26. The van der Waals surface area contributed by atoms with Crippen LogP contribution in [0.4, 0.5) is 10.1 Å². The number of anilines is 1. The Labute approximate surface area is 154 Å². The summed E-state index contributed by atoms with van der Waals surface area (Å²) in [6, 6.07) is 9.69. The molecule has 0 atom stereocenters. The molecule has 0 amide bonds. The maximum atomic E-state index is 14.5. The fourth-order valence-corrected chi connectivity index (χ4v) is 3.68. The zero-order valence-electron chi connectivity index (χ0n) is 13.9. The van der Waals surface area contributed by atoms with Crippen LogP contribution in [0.3, 0.4) is 0 Å². The fraction of sp³-hybridized carbons (Fsp3) is 0.188. The quantitative estimate of drug-likeness (QED) is 0.713. The van der Waals surface area contributed by atoms with Crippen molar-refractivity contribution >= 4 is 27.3 Å². The van der Waals surface area contributed by atoms with Crippen LogP contribution in [0, 0.1) is 5.82 Å². The molecule has 0 aliphatic heterocycles. The monoisotopic (exact) mass is 395 g/mol. The first-order valence-electron chi connectivity index (χ1n) is 7.64. The summed E-state index contributed by atoms with van der Waals surface area (Å²) in [5.41, 5.74) is 0.254. The first-order chi connectivity index (χ1) is 12.3. The number of sulfonamides is 1. The Morgan fingerprint density at radius 2 is 1.96 bits per heavy atom. The van der Waals surface area contributed by atoms with Gasteiger partial charge in [0.15, 0.2) is 5.82 Å². The lowest BCUT2D eigenvalue weighted by Gasteiger charge is -2.11. The normalized spacial score (nSPS) is 11.7. The minimum Gasteiger partial charge on any atom is -0.280 e. The van der Waals surface area contributed by atoms with E-state index in [1.54, 1.807) is 6.07 Å². The highest BCUT2D eigenvalue weighted by molar-refractivity contribution is 7.92. The van der Waals surface area contributed by atoms with Gasteiger partial charge in [-0.2, -0.15) is 0 Å². The van der Waals surface area contributed by atoms with Crippen LogP contribution >= 0.6 is 11.6 Å². The van der Waals surface area contributed by atoms with Crippen LogP contribution in [-0.2, 0) is 10.0 Å². The summed E-state index contributed by atoms with van der Waals surface area (Å²) in [6.07, 6.45) is 0. The topological polar surface area (TPSA) is 89.8 Å². The van der Waals surface area contributed by atoms with Crippen molar-refractivity contribution in [1.82, 2.24) is 20.2 Å². The Kier molecular flexibility index (Phi) is 4.92. The van der Waals surface area contributed by atoms with Crippen molar-refractivity contribution in [2.45, 2.75) is 24.8 Å². The molecule has 7 nitrogen and oxygen atoms in total. The Hall–Kier alpha value is -2.52. The smallest absolute Gasteiger partial charge is 0.261 e. The molecule has 0 aliphatic carbocycles. The minimum absolute atomic E-state index is 0.0155. The highest BCUT2D eigenvalue weighted by atomic mass is 35.5. The van der Waals surface area contributed by atoms with Gasteiger partial charge in [-0.05, 0) is 60.7 Å². The van der Waals surface area contributed by atoms with E-state index in [-0.39, 0.29) is 33.0 Å². The number of nitrogens with one attached hydrogen (secondary N) is 1. The van der Waals surface area contributed by atoms with E-state index in [1.165, 1.54) is 35.0 Å². The summed E-state index contributed by atoms with van der Waals surface area (Å²) in [4.78, 5) is -0.0155. The van der Waals surface area contributed by atoms with Crippen LogP contribution in [0.5, 0.6) is 0 Å². The summed E-state index contributed by atoms with van der Waals surface area (Å²) in [6.45, 7) is 3.73. The molecular formula is C16H15ClFN5O2S. The first-order valence-corrected chi connectivity index (χ1v) is 9.50. The second-order valence-corrected chi connectivity index (χ2v) is 7.92. The van der Waals surface area contributed by atoms with E-state index in [2.05, 4.69) is 20.2 Å². The van der Waals surface area contributed by atoms with Crippen molar-refractivity contribution in [1.29, 1.82) is 0 Å². The van der Waals surface area contributed by atoms with E-state index in [0.29, 0.717) is 0 Å². The lowest BCUT2D eigenvalue weighted by Crippen LogP contribution is -2.13. The van der Waals surface area contributed by atoms with Crippen LogP contribution in [-0.4, -0.2) is 28.6 Å². The van der Waals surface area contributed by atoms with Gasteiger partial charge in [0.1, 0.15) is 5.82 Å². The van der Waals surface area contributed by atoms with Gasteiger partial charge >= 0.3 is 0 Å². The summed E-state index contributed by atoms with van der Waals surface area (Å²) in [7, 11) is -3.89. The van der Waals surface area contributed by atoms with Gasteiger partial charge < -0.3 is 0 Å². The van der Waals surface area contributed by atoms with Crippen LogP contribution in [0.25, 0.3) is 11.4 Å². The standard InChI is InChI=1S/C16H15ClFN5O2S/c1-10(2)23-16(19-21-22-23)14-7-6-12(9-15(14)18)20-26(24,25)13-5-3-4-11(17)8-13/h3-10,20H,1-2H3. The van der Waals surface area contributed by atoms with Crippen LogP contribution in [0.1, 0.15) is 19.9 Å². The zero-order valence-corrected chi connectivity index (χ0v) is 15.5. The Balaban J connectivity index is 1.92. The molecule has 0 spiro atoms. The molecule has 0 saturated heterocycles. The average Bonchev–Trinajstić information content (AvgIpc) is 3.04. The Bertz CT molecular complexity index is 1050. The van der Waals surface area contributed by atoms with Crippen molar-refractivity contribution in [3.8, 4) is 11.4 Å². The van der Waals surface area contributed by atoms with E-state index < -0.39 is 15.8 Å². The van der Waals surface area contributed by atoms with Crippen molar-refractivity contribution in [3.63, 3.8) is 0 Å². The van der Waals surface area contributed by atoms with Crippen molar-refractivity contribution in [2.75, 3.05) is 4.72 Å². The number of hydrogen-bond donors (Lipinski definition) is 1. The van der Waals surface area contributed by atoms with Crippen LogP contribution < -0.4 is 4.72 Å². The van der Waals surface area contributed by atoms with Crippen molar-refractivity contribution < 1.29 is 12.8 Å². The summed E-state index contributed by atoms with van der Waals surface area (Å²) < 4.78 is 43.1. The third-order valence-corrected chi connectivity index (χ3v) is 5.16. The molecule has 0 radical (unpaired) electrons. The molecule has 26 heavy (non-hydrogen) atoms. The highest BCUT2D eigenvalue weighted by Gasteiger charge is 2.18. The molecule has 0 saturated carbocycles. The van der Waals surface area contributed by atoms with E-state index in [9.17, 15) is 12.8 Å². The number of aromatic nitrogens is 4. The number of benzene rings is 2. The molecule has 1 N–H and O–H groups in total. The molecule has 3 aromatic rings. The largest absolute Gasteiger partial charge is 0.280 e. The van der Waals surface area contributed by atoms with Gasteiger partial charge in [0.05, 0.1) is 22.2 Å². The van der Waals surface area contributed by atoms with Crippen LogP contribution in [0.15, 0.2) is 47.4 Å². The maximum absolute atomic E-state index is 14.5. The van der Waals surface area contributed by atoms with Gasteiger partial charge in [0.25, 0.3) is 10.0 Å². The Morgan fingerprint density at radius 3 is 2.62 bits per heavy atom. The number of hydrogen-bond acceptors (Lipinski definition) is 5. The predicted molar refractivity (Wildman–Crippen MR) is 95.9 cm³/mol. The van der Waals surface area contributed by atoms with E-state index in [4.69, 9.17) is 11.6 Å². The number of tetrazole rings is 1. The SMILES string of the molecule is CC(C)n1nnnc1-c1ccc(NS(=O)(=O)c2cccc(Cl)c2)cc1F. The van der Waals surface area contributed by atoms with Crippen LogP contribution in [0.2, 0.25) is 5.02 Å². The van der Waals surface area contributed by atoms with Gasteiger partial charge in [-0.3, -0.25) is 4.72 Å². The maximum Gasteiger partial charge on any atom is 0.261 e. The average molecular weight is 396 g/mol. The van der Waals surface area contributed by atoms with Crippen molar-refractivity contribution in [2.24, 2.45) is 0 Å². The molecule has 0 aliphatic rings.